The molecule has 0 aliphatic carbocycles. The second-order valence-corrected chi connectivity index (χ2v) is 4.79. The molecule has 0 saturated carbocycles. The van der Waals surface area contributed by atoms with E-state index in [1.54, 1.807) is 6.92 Å². The molecule has 0 aliphatic heterocycles. The Morgan fingerprint density at radius 1 is 1.17 bits per heavy atom. The van der Waals surface area contributed by atoms with Crippen molar-refractivity contribution >= 4 is 11.6 Å². The van der Waals surface area contributed by atoms with E-state index in [-0.39, 0.29) is 5.69 Å². The average Bonchev–Trinajstić information content (AvgIpc) is 2.48. The van der Waals surface area contributed by atoms with Crippen LogP contribution in [0.2, 0.25) is 0 Å². The van der Waals surface area contributed by atoms with Crippen molar-refractivity contribution in [2.45, 2.75) is 13.1 Å². The molecule has 2 rings (SSSR count). The SMILES string of the molecule is Cc1ccc(NC(=O)COc2ccccc2C(F)(F)F)cc1F. The van der Waals surface area contributed by atoms with Crippen molar-refractivity contribution in [3.05, 3.63) is 59.4 Å². The fourth-order valence-electron chi connectivity index (χ4n) is 1.84. The van der Waals surface area contributed by atoms with Crippen LogP contribution >= 0.6 is 0 Å². The highest BCUT2D eigenvalue weighted by atomic mass is 19.4. The first-order valence-electron chi connectivity index (χ1n) is 6.62. The third-order valence-electron chi connectivity index (χ3n) is 3.01. The molecule has 0 radical (unpaired) electrons. The summed E-state index contributed by atoms with van der Waals surface area (Å²) in [5.41, 5.74) is -0.349. The number of benzene rings is 2. The second-order valence-electron chi connectivity index (χ2n) is 4.79. The van der Waals surface area contributed by atoms with Crippen LogP contribution in [0.4, 0.5) is 23.2 Å². The Morgan fingerprint density at radius 2 is 1.87 bits per heavy atom. The molecular weight excluding hydrogens is 314 g/mol. The number of nitrogens with one attached hydrogen (secondary N) is 1. The van der Waals surface area contributed by atoms with Crippen molar-refractivity contribution in [2.75, 3.05) is 11.9 Å². The number of ether oxygens (including phenoxy) is 1. The minimum Gasteiger partial charge on any atom is -0.483 e. The maximum absolute atomic E-state index is 13.4. The number of carbonyl (C=O) groups is 1. The van der Waals surface area contributed by atoms with Crippen LogP contribution in [0, 0.1) is 12.7 Å². The quantitative estimate of drug-likeness (QED) is 0.856. The molecule has 0 saturated heterocycles. The van der Waals surface area contributed by atoms with E-state index >= 15 is 0 Å². The zero-order chi connectivity index (χ0) is 17.0. The first-order valence-corrected chi connectivity index (χ1v) is 6.62. The first kappa shape index (κ1) is 16.8. The highest BCUT2D eigenvalue weighted by molar-refractivity contribution is 5.91. The lowest BCUT2D eigenvalue weighted by Gasteiger charge is -2.13. The molecule has 1 N–H and O–H groups in total. The summed E-state index contributed by atoms with van der Waals surface area (Å²) in [7, 11) is 0. The number of alkyl halides is 3. The summed E-state index contributed by atoms with van der Waals surface area (Å²) in [5, 5.41) is 2.35. The third-order valence-corrected chi connectivity index (χ3v) is 3.01. The highest BCUT2D eigenvalue weighted by Gasteiger charge is 2.34. The van der Waals surface area contributed by atoms with Gasteiger partial charge < -0.3 is 10.1 Å². The summed E-state index contributed by atoms with van der Waals surface area (Å²) in [6, 6.07) is 8.68. The van der Waals surface area contributed by atoms with Crippen LogP contribution in [0.15, 0.2) is 42.5 Å². The van der Waals surface area contributed by atoms with E-state index in [4.69, 9.17) is 4.74 Å². The Hall–Kier alpha value is -2.57. The van der Waals surface area contributed by atoms with Gasteiger partial charge in [0.1, 0.15) is 11.6 Å². The van der Waals surface area contributed by atoms with Crippen LogP contribution < -0.4 is 10.1 Å². The Bertz CT molecular complexity index is 713. The fraction of sp³-hybridized carbons (Fsp3) is 0.188. The molecule has 2 aromatic rings. The predicted molar refractivity (Wildman–Crippen MR) is 76.7 cm³/mol. The summed E-state index contributed by atoms with van der Waals surface area (Å²) in [6.45, 7) is 0.945. The number of aryl methyl sites for hydroxylation is 1. The van der Waals surface area contributed by atoms with Crippen molar-refractivity contribution in [1.82, 2.24) is 0 Å². The minimum absolute atomic E-state index is 0.200. The lowest BCUT2D eigenvalue weighted by Crippen LogP contribution is -2.21. The zero-order valence-corrected chi connectivity index (χ0v) is 12.1. The smallest absolute Gasteiger partial charge is 0.419 e. The Labute approximate surface area is 129 Å². The molecule has 1 amide bonds. The average molecular weight is 327 g/mol. The van der Waals surface area contributed by atoms with Gasteiger partial charge in [0, 0.05) is 5.69 Å². The van der Waals surface area contributed by atoms with Gasteiger partial charge in [-0.15, -0.1) is 0 Å². The molecule has 0 fully saturated rings. The molecule has 122 valence electrons. The predicted octanol–water partition coefficient (Wildman–Crippen LogP) is 4.17. The maximum atomic E-state index is 13.4. The number of carbonyl (C=O) groups excluding carboxylic acids is 1. The topological polar surface area (TPSA) is 38.3 Å². The number of halogens is 4. The van der Waals surface area contributed by atoms with Gasteiger partial charge in [-0.1, -0.05) is 18.2 Å². The molecule has 23 heavy (non-hydrogen) atoms. The molecule has 0 aliphatic rings. The van der Waals surface area contributed by atoms with Gasteiger partial charge in [-0.05, 0) is 36.8 Å². The fourth-order valence-corrected chi connectivity index (χ4v) is 1.84. The van der Waals surface area contributed by atoms with Crippen LogP contribution in [0.3, 0.4) is 0 Å². The normalized spacial score (nSPS) is 11.2. The molecule has 2 aromatic carbocycles. The Morgan fingerprint density at radius 3 is 2.52 bits per heavy atom. The number of anilines is 1. The number of rotatable bonds is 4. The lowest BCUT2D eigenvalue weighted by molar-refractivity contribution is -0.139. The van der Waals surface area contributed by atoms with Crippen LogP contribution in [0.1, 0.15) is 11.1 Å². The van der Waals surface area contributed by atoms with E-state index in [0.29, 0.717) is 5.56 Å². The highest BCUT2D eigenvalue weighted by Crippen LogP contribution is 2.35. The molecule has 0 atom stereocenters. The number of hydrogen-bond acceptors (Lipinski definition) is 2. The van der Waals surface area contributed by atoms with E-state index in [0.717, 1.165) is 18.2 Å². The zero-order valence-electron chi connectivity index (χ0n) is 12.1. The van der Waals surface area contributed by atoms with E-state index < -0.39 is 35.8 Å². The van der Waals surface area contributed by atoms with Crippen LogP contribution in [-0.2, 0) is 11.0 Å². The van der Waals surface area contributed by atoms with Crippen LogP contribution in [0.25, 0.3) is 0 Å². The molecule has 0 spiro atoms. The monoisotopic (exact) mass is 327 g/mol. The summed E-state index contributed by atoms with van der Waals surface area (Å²) in [4.78, 5) is 11.7. The molecule has 0 heterocycles. The molecule has 7 heteroatoms. The van der Waals surface area contributed by atoms with Crippen LogP contribution in [-0.4, -0.2) is 12.5 Å². The van der Waals surface area contributed by atoms with Crippen molar-refractivity contribution in [3.63, 3.8) is 0 Å². The van der Waals surface area contributed by atoms with Crippen molar-refractivity contribution < 1.29 is 27.1 Å². The van der Waals surface area contributed by atoms with Gasteiger partial charge >= 0.3 is 6.18 Å². The number of amides is 1. The summed E-state index contributed by atoms with van der Waals surface area (Å²) in [6.07, 6.45) is -4.58. The third kappa shape index (κ3) is 4.45. The maximum Gasteiger partial charge on any atom is 0.419 e. The van der Waals surface area contributed by atoms with E-state index in [1.807, 2.05) is 0 Å². The molecule has 0 unspecified atom stereocenters. The standard InChI is InChI=1S/C16H13F4NO2/c1-10-6-7-11(8-13(10)17)21-15(22)9-23-14-5-3-2-4-12(14)16(18,19)20/h2-8H,9H2,1H3,(H,21,22). The van der Waals surface area contributed by atoms with Gasteiger partial charge in [-0.25, -0.2) is 4.39 Å². The Balaban J connectivity index is 2.01. The van der Waals surface area contributed by atoms with E-state index in [2.05, 4.69) is 5.32 Å². The van der Waals surface area contributed by atoms with Crippen molar-refractivity contribution in [2.24, 2.45) is 0 Å². The lowest BCUT2D eigenvalue weighted by atomic mass is 10.2. The van der Waals surface area contributed by atoms with Gasteiger partial charge in [-0.3, -0.25) is 4.79 Å². The van der Waals surface area contributed by atoms with Crippen molar-refractivity contribution in [1.29, 1.82) is 0 Å². The molecular formula is C16H13F4NO2. The summed E-state index contributed by atoms with van der Waals surface area (Å²) < 4.78 is 56.6. The van der Waals surface area contributed by atoms with E-state index in [9.17, 15) is 22.4 Å². The van der Waals surface area contributed by atoms with Gasteiger partial charge in [0.25, 0.3) is 5.91 Å². The molecule has 3 nitrogen and oxygen atoms in total. The Kier molecular flexibility index (Phi) is 4.88. The summed E-state index contributed by atoms with van der Waals surface area (Å²) >= 11 is 0. The van der Waals surface area contributed by atoms with Gasteiger partial charge in [0.2, 0.25) is 0 Å². The number of hydrogen-bond donors (Lipinski definition) is 1. The first-order chi connectivity index (χ1) is 10.8. The molecule has 0 bridgehead atoms. The van der Waals surface area contributed by atoms with E-state index in [1.165, 1.54) is 24.3 Å². The van der Waals surface area contributed by atoms with Crippen molar-refractivity contribution in [3.8, 4) is 5.75 Å². The second kappa shape index (κ2) is 6.68. The minimum atomic E-state index is -4.58. The van der Waals surface area contributed by atoms with Gasteiger partial charge in [0.05, 0.1) is 5.56 Å². The van der Waals surface area contributed by atoms with Gasteiger partial charge in [0.15, 0.2) is 6.61 Å². The molecule has 0 aromatic heterocycles. The number of para-hydroxylation sites is 1. The largest absolute Gasteiger partial charge is 0.483 e. The van der Waals surface area contributed by atoms with Crippen LogP contribution in [0.5, 0.6) is 5.75 Å². The van der Waals surface area contributed by atoms with Gasteiger partial charge in [-0.2, -0.15) is 13.2 Å². The summed E-state index contributed by atoms with van der Waals surface area (Å²) in [5.74, 6) is -1.62.